The number of fused-ring (bicyclic) bond motifs is 2. The molecule has 0 spiro atoms. The van der Waals surface area contributed by atoms with Crippen molar-refractivity contribution in [1.82, 2.24) is 29.1 Å². The molecule has 0 aromatic carbocycles. The maximum atomic E-state index is 12.7. The molecule has 0 amide bonds. The Morgan fingerprint density at radius 1 is 0.815 bits per heavy atom. The highest BCUT2D eigenvalue weighted by atomic mass is 31.3. The van der Waals surface area contributed by atoms with E-state index in [4.69, 9.17) is 42.3 Å². The van der Waals surface area contributed by atoms with Gasteiger partial charge in [0.1, 0.15) is 36.6 Å². The Kier molecular flexibility index (Phi) is 10.9. The third-order valence-corrected chi connectivity index (χ3v) is 12.7. The van der Waals surface area contributed by atoms with Crippen LogP contribution in [0.25, 0.3) is 22.3 Å². The average molecular weight is 826 g/mol. The van der Waals surface area contributed by atoms with Crippen LogP contribution in [-0.2, 0) is 59.7 Å². The fourth-order valence-electron chi connectivity index (χ4n) is 6.03. The van der Waals surface area contributed by atoms with E-state index in [9.17, 15) is 48.4 Å². The number of aryl methyl sites for hydroxylation is 2. The summed E-state index contributed by atoms with van der Waals surface area (Å²) in [5.74, 6) is -0.483. The van der Waals surface area contributed by atoms with Gasteiger partial charge >= 0.3 is 26.9 Å². The van der Waals surface area contributed by atoms with E-state index >= 15 is 0 Å². The molecule has 0 bridgehead atoms. The first-order valence-corrected chi connectivity index (χ1v) is 19.9. The van der Waals surface area contributed by atoms with Crippen molar-refractivity contribution < 1.29 is 79.8 Å². The zero-order valence-corrected chi connectivity index (χ0v) is 30.8. The molecule has 6 heterocycles. The summed E-state index contributed by atoms with van der Waals surface area (Å²) < 4.78 is 78.2. The maximum Gasteiger partial charge on any atom is 0.478 e. The molecule has 2 saturated heterocycles. The zero-order chi connectivity index (χ0) is 39.7. The van der Waals surface area contributed by atoms with E-state index in [1.54, 1.807) is 0 Å². The quantitative estimate of drug-likeness (QED) is 0.0350. The minimum atomic E-state index is -5.55. The standard InChI is InChI=1S/C23H32BN10O17P3/c1-31-6-33(16-10(31)18(38)29-22(25)27-16)20-14(37)12(35)8(48-20)4-46-53(41,42)50-52(24,40)51-54(43,44)47-5-9-13(36)15(45-3)21(49-9)34-7-32(2)11-17(34)28-23(26)30-19(11)39/h6-9,12-15,20-21,35-37H,4-5H2,1-3H3,(H6-2,25,26,27,28,29,30,38,39,41,42,43,44)/p+2/t8-,9-,12-,13-,14-,15-,20-,21-,52?/m1/s1. The Hall–Kier alpha value is -3.43. The molecule has 27 nitrogen and oxygen atoms in total. The molecule has 2 aliphatic heterocycles. The van der Waals surface area contributed by atoms with Crippen LogP contribution in [0.5, 0.6) is 0 Å². The summed E-state index contributed by atoms with van der Waals surface area (Å²) in [6, 6.07) is 0. The van der Waals surface area contributed by atoms with E-state index in [2.05, 4.69) is 28.6 Å². The predicted molar refractivity (Wildman–Crippen MR) is 176 cm³/mol. The number of hydrogen-bond acceptors (Lipinski definition) is 19. The second-order valence-corrected chi connectivity index (χ2v) is 16.8. The minimum Gasteiger partial charge on any atom is -0.387 e. The summed E-state index contributed by atoms with van der Waals surface area (Å²) in [7, 11) is -7.03. The normalized spacial score (nSPS) is 29.4. The molecule has 0 saturated carbocycles. The summed E-state index contributed by atoms with van der Waals surface area (Å²) >= 11 is 0. The van der Waals surface area contributed by atoms with Gasteiger partial charge in [0.05, 0.1) is 27.3 Å². The van der Waals surface area contributed by atoms with Crippen molar-refractivity contribution in [2.24, 2.45) is 14.1 Å². The number of H-pyrrole nitrogens is 2. The van der Waals surface area contributed by atoms with Gasteiger partial charge < -0.3 is 50.8 Å². The highest BCUT2D eigenvalue weighted by molar-refractivity contribution is 7.86. The van der Waals surface area contributed by atoms with Crippen LogP contribution in [0.4, 0.5) is 11.9 Å². The second-order valence-electron chi connectivity index (χ2n) is 12.0. The van der Waals surface area contributed by atoms with Crippen molar-refractivity contribution in [2.45, 2.75) is 49.1 Å². The molecule has 2 radical (unpaired) electrons. The Balaban J connectivity index is 1.06. The topological polar surface area (TPSA) is 378 Å². The van der Waals surface area contributed by atoms with E-state index in [-0.39, 0.29) is 34.2 Å². The van der Waals surface area contributed by atoms with Gasteiger partial charge in [-0.15, -0.1) is 0 Å². The van der Waals surface area contributed by atoms with E-state index in [0.717, 1.165) is 0 Å². The Labute approximate surface area is 302 Å². The Bertz CT molecular complexity index is 2350. The molecule has 294 valence electrons. The summed E-state index contributed by atoms with van der Waals surface area (Å²) in [6.07, 6.45) is -9.09. The number of anilines is 2. The van der Waals surface area contributed by atoms with Crippen LogP contribution < -0.4 is 31.7 Å². The Morgan fingerprint density at radius 3 is 1.70 bits per heavy atom. The molecule has 11 atom stereocenters. The maximum absolute atomic E-state index is 12.7. The minimum absolute atomic E-state index is 0.0314. The number of hydrogen-bond donors (Lipinski definition) is 9. The van der Waals surface area contributed by atoms with Gasteiger partial charge in [-0.3, -0.25) is 42.3 Å². The molecule has 6 rings (SSSR count). The summed E-state index contributed by atoms with van der Waals surface area (Å²) in [6.45, 7) is -1.95. The number of nitrogen functional groups attached to an aromatic ring is 2. The number of phosphoric acid groups is 2. The Morgan fingerprint density at radius 2 is 1.24 bits per heavy atom. The van der Waals surface area contributed by atoms with Crippen LogP contribution in [-0.4, -0.2) is 119 Å². The van der Waals surface area contributed by atoms with Crippen LogP contribution in [0.2, 0.25) is 0 Å². The van der Waals surface area contributed by atoms with Crippen molar-refractivity contribution in [3.63, 3.8) is 0 Å². The van der Waals surface area contributed by atoms with E-state index < -0.39 is 96.5 Å². The van der Waals surface area contributed by atoms with Crippen molar-refractivity contribution in [3.05, 3.63) is 33.4 Å². The van der Waals surface area contributed by atoms with Gasteiger partial charge in [0.15, 0.2) is 12.7 Å². The number of nitrogens with one attached hydrogen (secondary N) is 2. The van der Waals surface area contributed by atoms with Crippen LogP contribution in [0.3, 0.4) is 0 Å². The largest absolute Gasteiger partial charge is 0.478 e. The van der Waals surface area contributed by atoms with E-state index in [1.807, 2.05) is 0 Å². The number of aliphatic hydroxyl groups excluding tert-OH is 3. The first kappa shape index (κ1) is 40.2. The molecule has 4 aromatic rings. The number of phosphoric ester groups is 2. The van der Waals surface area contributed by atoms with Gasteiger partial charge in [-0.1, -0.05) is 9.97 Å². The molecule has 2 aliphatic rings. The number of aliphatic hydroxyl groups is 3. The lowest BCUT2D eigenvalue weighted by atomic mass is 10.1. The monoisotopic (exact) mass is 826 g/mol. The van der Waals surface area contributed by atoms with Crippen LogP contribution in [0.15, 0.2) is 22.2 Å². The van der Waals surface area contributed by atoms with Crippen molar-refractivity contribution in [2.75, 3.05) is 31.8 Å². The molecule has 3 unspecified atom stereocenters. The molecule has 4 aromatic heterocycles. The molecule has 0 aliphatic carbocycles. The molecule has 11 N–H and O–H groups in total. The third-order valence-electron chi connectivity index (χ3n) is 8.29. The summed E-state index contributed by atoms with van der Waals surface area (Å²) in [5.41, 5.74) is 10.2. The first-order valence-electron chi connectivity index (χ1n) is 15.3. The van der Waals surface area contributed by atoms with Gasteiger partial charge in [0, 0.05) is 7.11 Å². The fourth-order valence-corrected chi connectivity index (χ4v) is 9.76. The lowest BCUT2D eigenvalue weighted by Gasteiger charge is -2.22. The number of ether oxygens (including phenoxy) is 3. The third kappa shape index (κ3) is 7.82. The molecule has 54 heavy (non-hydrogen) atoms. The number of aromatic amines is 2. The van der Waals surface area contributed by atoms with Gasteiger partial charge in [-0.25, -0.2) is 26.9 Å². The SMILES string of the molecule is [B]P(=O)(OP(=O)(O)OC[C@H]1O[C@@H]([n+]2cn(C)c3c(=O)[nH]c(N)nc32)[C@H](O)[C@@H]1O)OP(=O)(O)OC[C@H]1O[C@@H]([n+]2cn(C)c3c(=O)[nH]c(N)nc32)[C@H](OC)[C@@H]1O. The highest BCUT2D eigenvalue weighted by Gasteiger charge is 2.51. The molecular formula is C23H34BN10O17P3+2. The number of nitrogens with two attached hydrogens (primary N) is 2. The lowest BCUT2D eigenvalue weighted by Crippen LogP contribution is -2.47. The number of methoxy groups -OCH3 is 1. The zero-order valence-electron chi connectivity index (χ0n) is 28.1. The molecule has 31 heteroatoms. The molecular weight excluding hydrogens is 792 g/mol. The van der Waals surface area contributed by atoms with Crippen molar-refractivity contribution in [3.8, 4) is 0 Å². The first-order chi connectivity index (χ1) is 25.1. The predicted octanol–water partition coefficient (Wildman–Crippen LogP) is -4.29. The van der Waals surface area contributed by atoms with E-state index in [1.165, 1.54) is 52.1 Å². The average Bonchev–Trinajstić information content (AvgIpc) is 3.74. The molecule has 2 fully saturated rings. The number of nitrogens with zero attached hydrogens (tertiary/aromatic N) is 6. The fraction of sp³-hybridized carbons (Fsp3) is 0.565. The van der Waals surface area contributed by atoms with Gasteiger partial charge in [-0.2, -0.15) is 0 Å². The highest BCUT2D eigenvalue weighted by Crippen LogP contribution is 2.67. The number of aromatic nitrogens is 8. The van der Waals surface area contributed by atoms with E-state index in [0.29, 0.717) is 0 Å². The summed E-state index contributed by atoms with van der Waals surface area (Å²) in [4.78, 5) is 58.0. The van der Waals surface area contributed by atoms with Crippen molar-refractivity contribution >= 4 is 64.9 Å². The van der Waals surface area contributed by atoms with Crippen LogP contribution >= 0.6 is 23.1 Å². The summed E-state index contributed by atoms with van der Waals surface area (Å²) in [5, 5.41) is 32.1. The van der Waals surface area contributed by atoms with Gasteiger partial charge in [0.25, 0.3) is 30.5 Å². The van der Waals surface area contributed by atoms with Crippen LogP contribution in [0.1, 0.15) is 12.5 Å². The lowest BCUT2D eigenvalue weighted by molar-refractivity contribution is -0.746. The second kappa shape index (κ2) is 14.6. The van der Waals surface area contributed by atoms with Gasteiger partial charge in [0.2, 0.25) is 31.1 Å². The van der Waals surface area contributed by atoms with Crippen LogP contribution in [0, 0.1) is 0 Å². The number of rotatable bonds is 13. The van der Waals surface area contributed by atoms with Gasteiger partial charge in [-0.05, 0) is 0 Å². The van der Waals surface area contributed by atoms with Crippen molar-refractivity contribution in [1.29, 1.82) is 0 Å². The smallest absolute Gasteiger partial charge is 0.387 e. The number of imidazole rings is 2.